The highest BCUT2D eigenvalue weighted by molar-refractivity contribution is 7.98. The molecule has 2 unspecified atom stereocenters. The summed E-state index contributed by atoms with van der Waals surface area (Å²) in [5, 5.41) is 6.97. The van der Waals surface area contributed by atoms with Crippen LogP contribution in [0.5, 0.6) is 0 Å². The summed E-state index contributed by atoms with van der Waals surface area (Å²) in [6.45, 7) is 7.41. The van der Waals surface area contributed by atoms with Gasteiger partial charge in [-0.2, -0.15) is 0 Å². The van der Waals surface area contributed by atoms with Crippen molar-refractivity contribution in [1.29, 1.82) is 0 Å². The Morgan fingerprint density at radius 3 is 3.00 bits per heavy atom. The van der Waals surface area contributed by atoms with Crippen LogP contribution in [-0.2, 0) is 5.75 Å². The lowest BCUT2D eigenvalue weighted by Gasteiger charge is -2.35. The van der Waals surface area contributed by atoms with Gasteiger partial charge in [-0.1, -0.05) is 25.1 Å². The number of carbonyl (C=O) groups is 1. The summed E-state index contributed by atoms with van der Waals surface area (Å²) in [5.74, 6) is 1.56. The van der Waals surface area contributed by atoms with E-state index in [1.807, 2.05) is 36.4 Å². The van der Waals surface area contributed by atoms with E-state index in [1.54, 1.807) is 18.0 Å². The molecule has 3 rings (SSSR count). The second-order valence-electron chi connectivity index (χ2n) is 7.58. The van der Waals surface area contributed by atoms with Gasteiger partial charge in [0.05, 0.1) is 5.03 Å². The molecule has 0 radical (unpaired) electrons. The third-order valence-electron chi connectivity index (χ3n) is 5.08. The monoisotopic (exact) mass is 398 g/mol. The minimum atomic E-state index is -0.147. The lowest BCUT2D eigenvalue weighted by Crippen LogP contribution is -2.47. The lowest BCUT2D eigenvalue weighted by molar-refractivity contribution is 0.138. The maximum Gasteiger partial charge on any atom is 0.319 e. The third-order valence-corrected chi connectivity index (χ3v) is 6.09. The molecule has 2 amide bonds. The summed E-state index contributed by atoms with van der Waals surface area (Å²) in [6, 6.07) is 14.1. The van der Waals surface area contributed by atoms with Crippen molar-refractivity contribution >= 4 is 23.5 Å². The summed E-state index contributed by atoms with van der Waals surface area (Å²) in [5.41, 5.74) is 1.97. The first kappa shape index (κ1) is 20.7. The van der Waals surface area contributed by atoms with E-state index in [9.17, 15) is 4.79 Å². The number of thioether (sulfide) groups is 1. The van der Waals surface area contributed by atoms with E-state index >= 15 is 0 Å². The molecule has 1 aliphatic heterocycles. The van der Waals surface area contributed by atoms with Crippen molar-refractivity contribution in [3.63, 3.8) is 0 Å². The highest BCUT2D eigenvalue weighted by Crippen LogP contribution is 2.22. The average Bonchev–Trinajstić information content (AvgIpc) is 2.71. The molecule has 1 aromatic heterocycles. The SMILES string of the molecule is CC1CCCN(C(C)CNC(=O)Nc2cccc(CSc3ccccn3)c2)C1. The Bertz CT molecular complexity index is 755. The van der Waals surface area contributed by atoms with Gasteiger partial charge in [0, 0.05) is 36.8 Å². The smallest absolute Gasteiger partial charge is 0.319 e. The minimum absolute atomic E-state index is 0.147. The predicted molar refractivity (Wildman–Crippen MR) is 117 cm³/mol. The molecular formula is C22H30N4OS. The van der Waals surface area contributed by atoms with Gasteiger partial charge >= 0.3 is 6.03 Å². The maximum absolute atomic E-state index is 12.3. The van der Waals surface area contributed by atoms with Crippen molar-refractivity contribution in [1.82, 2.24) is 15.2 Å². The zero-order valence-corrected chi connectivity index (χ0v) is 17.5. The minimum Gasteiger partial charge on any atom is -0.336 e. The molecule has 150 valence electrons. The van der Waals surface area contributed by atoms with E-state index in [2.05, 4.69) is 40.4 Å². The van der Waals surface area contributed by atoms with Crippen LogP contribution in [0.25, 0.3) is 0 Å². The van der Waals surface area contributed by atoms with Gasteiger partial charge in [0.1, 0.15) is 0 Å². The quantitative estimate of drug-likeness (QED) is 0.669. The molecule has 5 nitrogen and oxygen atoms in total. The number of amides is 2. The van der Waals surface area contributed by atoms with E-state index in [4.69, 9.17) is 0 Å². The van der Waals surface area contributed by atoms with E-state index in [-0.39, 0.29) is 6.03 Å². The number of nitrogens with one attached hydrogen (secondary N) is 2. The fourth-order valence-electron chi connectivity index (χ4n) is 3.50. The van der Waals surface area contributed by atoms with Gasteiger partial charge < -0.3 is 10.6 Å². The largest absolute Gasteiger partial charge is 0.336 e. The molecular weight excluding hydrogens is 368 g/mol. The first-order valence-electron chi connectivity index (χ1n) is 10.0. The first-order chi connectivity index (χ1) is 13.6. The highest BCUT2D eigenvalue weighted by Gasteiger charge is 2.21. The number of hydrogen-bond acceptors (Lipinski definition) is 4. The molecule has 0 aliphatic carbocycles. The van der Waals surface area contributed by atoms with Gasteiger partial charge in [0.25, 0.3) is 0 Å². The molecule has 6 heteroatoms. The van der Waals surface area contributed by atoms with Crippen LogP contribution in [0.15, 0.2) is 53.7 Å². The highest BCUT2D eigenvalue weighted by atomic mass is 32.2. The van der Waals surface area contributed by atoms with Crippen molar-refractivity contribution in [2.24, 2.45) is 5.92 Å². The van der Waals surface area contributed by atoms with Crippen LogP contribution in [0.2, 0.25) is 0 Å². The number of urea groups is 1. The summed E-state index contributed by atoms with van der Waals surface area (Å²) >= 11 is 1.69. The number of carbonyl (C=O) groups excluding carboxylic acids is 1. The van der Waals surface area contributed by atoms with E-state index < -0.39 is 0 Å². The Kier molecular flexibility index (Phi) is 7.74. The normalized spacial score (nSPS) is 18.4. The van der Waals surface area contributed by atoms with E-state index in [1.165, 1.54) is 12.8 Å². The zero-order valence-electron chi connectivity index (χ0n) is 16.7. The molecule has 2 N–H and O–H groups in total. The number of hydrogen-bond donors (Lipinski definition) is 2. The van der Waals surface area contributed by atoms with Gasteiger partial charge in [-0.15, -0.1) is 11.8 Å². The predicted octanol–water partition coefficient (Wildman–Crippen LogP) is 4.62. The molecule has 0 spiro atoms. The second-order valence-corrected chi connectivity index (χ2v) is 8.58. The van der Waals surface area contributed by atoms with Crippen LogP contribution in [0.4, 0.5) is 10.5 Å². The molecule has 1 aliphatic rings. The number of benzene rings is 1. The van der Waals surface area contributed by atoms with Crippen molar-refractivity contribution in [2.45, 2.75) is 43.5 Å². The Morgan fingerprint density at radius 2 is 2.21 bits per heavy atom. The maximum atomic E-state index is 12.3. The van der Waals surface area contributed by atoms with Gasteiger partial charge in [-0.3, -0.25) is 4.90 Å². The van der Waals surface area contributed by atoms with Crippen molar-refractivity contribution in [3.8, 4) is 0 Å². The molecule has 2 aromatic rings. The summed E-state index contributed by atoms with van der Waals surface area (Å²) in [4.78, 5) is 19.1. The summed E-state index contributed by atoms with van der Waals surface area (Å²) < 4.78 is 0. The van der Waals surface area contributed by atoms with E-state index in [0.29, 0.717) is 12.6 Å². The standard InChI is InChI=1S/C22H30N4OS/c1-17-7-6-12-26(15-17)18(2)14-24-22(27)25-20-9-5-8-19(13-20)16-28-21-10-3-4-11-23-21/h3-5,8-11,13,17-18H,6-7,12,14-16H2,1-2H3,(H2,24,25,27). The molecule has 1 fully saturated rings. The molecule has 2 heterocycles. The fourth-order valence-corrected chi connectivity index (χ4v) is 4.30. The van der Waals surface area contributed by atoms with Gasteiger partial charge in [-0.05, 0) is 62.1 Å². The molecule has 1 aromatic carbocycles. The molecule has 0 saturated carbocycles. The number of pyridine rings is 1. The van der Waals surface area contributed by atoms with Gasteiger partial charge in [-0.25, -0.2) is 9.78 Å². The van der Waals surface area contributed by atoms with Gasteiger partial charge in [0.2, 0.25) is 0 Å². The summed E-state index contributed by atoms with van der Waals surface area (Å²) in [6.07, 6.45) is 4.36. The average molecular weight is 399 g/mol. The number of likely N-dealkylation sites (tertiary alicyclic amines) is 1. The lowest BCUT2D eigenvalue weighted by atomic mass is 9.99. The third kappa shape index (κ3) is 6.53. The Balaban J connectivity index is 1.44. The second kappa shape index (κ2) is 10.5. The Morgan fingerprint density at radius 1 is 1.32 bits per heavy atom. The topological polar surface area (TPSA) is 57.3 Å². The number of nitrogens with zero attached hydrogens (tertiary/aromatic N) is 2. The molecule has 2 atom stereocenters. The van der Waals surface area contributed by atoms with Crippen LogP contribution in [-0.4, -0.2) is 41.6 Å². The first-order valence-corrected chi connectivity index (χ1v) is 11.0. The van der Waals surface area contributed by atoms with Crippen molar-refractivity contribution < 1.29 is 4.79 Å². The summed E-state index contributed by atoms with van der Waals surface area (Å²) in [7, 11) is 0. The number of anilines is 1. The Hall–Kier alpha value is -2.05. The van der Waals surface area contributed by atoms with Crippen LogP contribution >= 0.6 is 11.8 Å². The van der Waals surface area contributed by atoms with Gasteiger partial charge in [0.15, 0.2) is 0 Å². The number of rotatable bonds is 7. The number of piperidine rings is 1. The van der Waals surface area contributed by atoms with Crippen molar-refractivity contribution in [3.05, 3.63) is 54.2 Å². The van der Waals surface area contributed by atoms with Crippen LogP contribution < -0.4 is 10.6 Å². The Labute approximate surface area is 172 Å². The zero-order chi connectivity index (χ0) is 19.8. The molecule has 1 saturated heterocycles. The fraction of sp³-hybridized carbons (Fsp3) is 0.455. The molecule has 28 heavy (non-hydrogen) atoms. The van der Waals surface area contributed by atoms with Crippen LogP contribution in [0.1, 0.15) is 32.3 Å². The van der Waals surface area contributed by atoms with Crippen molar-refractivity contribution in [2.75, 3.05) is 25.0 Å². The molecule has 0 bridgehead atoms. The van der Waals surface area contributed by atoms with Crippen LogP contribution in [0, 0.1) is 5.92 Å². The van der Waals surface area contributed by atoms with E-state index in [0.717, 1.165) is 41.0 Å². The van der Waals surface area contributed by atoms with Crippen LogP contribution in [0.3, 0.4) is 0 Å². The number of aromatic nitrogens is 1.